The third-order valence-electron chi connectivity index (χ3n) is 5.96. The van der Waals surface area contributed by atoms with E-state index in [0.717, 1.165) is 41.8 Å². The second-order valence-electron chi connectivity index (χ2n) is 7.90. The summed E-state index contributed by atoms with van der Waals surface area (Å²) in [6.07, 6.45) is 8.58. The first kappa shape index (κ1) is 19.6. The zero-order chi connectivity index (χ0) is 20.7. The zero-order valence-corrected chi connectivity index (χ0v) is 18.2. The molecule has 5 rings (SSSR count). The summed E-state index contributed by atoms with van der Waals surface area (Å²) < 4.78 is 29.6. The van der Waals surface area contributed by atoms with Crippen LogP contribution in [0.15, 0.2) is 33.6 Å². The second kappa shape index (κ2) is 7.75. The molecule has 0 spiro atoms. The number of aliphatic imine (C=N–C) groups is 2. The molecule has 1 fully saturated rings. The quantitative estimate of drug-likeness (QED) is 0.706. The van der Waals surface area contributed by atoms with Crippen molar-refractivity contribution in [1.82, 2.24) is 19.0 Å². The average molecular weight is 449 g/mol. The molecule has 4 aliphatic rings. The predicted octanol–water partition coefficient (Wildman–Crippen LogP) is 0.865. The molecule has 2 N–H and O–H groups in total. The number of piperidine rings is 1. The van der Waals surface area contributed by atoms with Crippen molar-refractivity contribution in [2.75, 3.05) is 37.8 Å². The molecule has 0 radical (unpaired) electrons. The Labute approximate surface area is 179 Å². The molecule has 0 saturated carbocycles. The van der Waals surface area contributed by atoms with Crippen LogP contribution in [0.5, 0.6) is 0 Å². The van der Waals surface area contributed by atoms with Crippen LogP contribution in [0.4, 0.5) is 5.00 Å². The van der Waals surface area contributed by atoms with Gasteiger partial charge >= 0.3 is 0 Å². The standard InChI is InChI=1S/C18H24N8O2S2/c1-30(27,28)25-5-2-12(3-6-25)14-8-16(29-24-14)23-17-18-20-11-15(13-9-21-22-10-13)26(18)7-4-19-17/h4,7-9,12-13,15,22H,2-3,5-6,10-11H2,1H3,(H,19,23). The van der Waals surface area contributed by atoms with Crippen LogP contribution in [0.2, 0.25) is 0 Å². The van der Waals surface area contributed by atoms with E-state index in [-0.39, 0.29) is 12.0 Å². The Morgan fingerprint density at radius 1 is 1.30 bits per heavy atom. The molecule has 0 aromatic carbocycles. The first-order valence-electron chi connectivity index (χ1n) is 10.0. The van der Waals surface area contributed by atoms with Crippen LogP contribution in [0.3, 0.4) is 0 Å². The third-order valence-corrected chi connectivity index (χ3v) is 7.98. The number of aromatic nitrogens is 1. The molecular formula is C18H24N8O2S2. The van der Waals surface area contributed by atoms with Gasteiger partial charge in [0.1, 0.15) is 5.00 Å². The van der Waals surface area contributed by atoms with Crippen molar-refractivity contribution in [3.8, 4) is 0 Å². The van der Waals surface area contributed by atoms with E-state index in [0.29, 0.717) is 25.6 Å². The summed E-state index contributed by atoms with van der Waals surface area (Å²) in [7, 11) is -3.11. The van der Waals surface area contributed by atoms with Gasteiger partial charge in [-0.05, 0) is 30.4 Å². The maximum absolute atomic E-state index is 11.7. The van der Waals surface area contributed by atoms with Crippen LogP contribution in [0.25, 0.3) is 0 Å². The van der Waals surface area contributed by atoms with E-state index >= 15 is 0 Å². The summed E-state index contributed by atoms with van der Waals surface area (Å²) in [6, 6.07) is 2.30. The highest BCUT2D eigenvalue weighted by Gasteiger charge is 2.36. The van der Waals surface area contributed by atoms with Crippen LogP contribution >= 0.6 is 11.5 Å². The fourth-order valence-electron chi connectivity index (χ4n) is 4.29. The summed E-state index contributed by atoms with van der Waals surface area (Å²) in [4.78, 5) is 11.4. The summed E-state index contributed by atoms with van der Waals surface area (Å²) in [5.41, 5.74) is 4.03. The number of hydrazone groups is 1. The minimum absolute atomic E-state index is 0.249. The number of fused-ring (bicyclic) bond motifs is 1. The van der Waals surface area contributed by atoms with Gasteiger partial charge in [0.15, 0.2) is 11.7 Å². The number of nitrogens with zero attached hydrogens (tertiary/aromatic N) is 6. The molecule has 10 nitrogen and oxygen atoms in total. The molecule has 2 atom stereocenters. The van der Waals surface area contributed by atoms with Crippen LogP contribution in [0.1, 0.15) is 24.5 Å². The largest absolute Gasteiger partial charge is 0.328 e. The van der Waals surface area contributed by atoms with Crippen LogP contribution in [-0.2, 0) is 10.0 Å². The van der Waals surface area contributed by atoms with Gasteiger partial charge in [0.2, 0.25) is 10.0 Å². The third kappa shape index (κ3) is 3.74. The molecule has 30 heavy (non-hydrogen) atoms. The van der Waals surface area contributed by atoms with Gasteiger partial charge < -0.3 is 15.6 Å². The van der Waals surface area contributed by atoms with E-state index in [9.17, 15) is 8.42 Å². The Hall–Kier alpha value is -2.31. The van der Waals surface area contributed by atoms with E-state index in [4.69, 9.17) is 4.99 Å². The van der Waals surface area contributed by atoms with E-state index in [1.165, 1.54) is 17.8 Å². The molecule has 160 valence electrons. The number of amidine groups is 2. The average Bonchev–Trinajstić information content (AvgIpc) is 3.48. The molecule has 1 aromatic heterocycles. The van der Waals surface area contributed by atoms with Gasteiger partial charge in [-0.3, -0.25) is 4.99 Å². The van der Waals surface area contributed by atoms with E-state index in [1.807, 2.05) is 12.4 Å². The lowest BCUT2D eigenvalue weighted by Gasteiger charge is -2.29. The molecule has 2 unspecified atom stereocenters. The van der Waals surface area contributed by atoms with Gasteiger partial charge in [-0.2, -0.15) is 9.47 Å². The lowest BCUT2D eigenvalue weighted by Crippen LogP contribution is -2.44. The fourth-order valence-corrected chi connectivity index (χ4v) is 5.88. The topological polar surface area (TPSA) is 115 Å². The number of anilines is 1. The predicted molar refractivity (Wildman–Crippen MR) is 119 cm³/mol. The van der Waals surface area contributed by atoms with Gasteiger partial charge in [0.05, 0.1) is 24.5 Å². The molecule has 5 heterocycles. The number of nitrogens with one attached hydrogen (secondary N) is 2. The van der Waals surface area contributed by atoms with E-state index < -0.39 is 10.0 Å². The molecule has 4 aliphatic heterocycles. The molecular weight excluding hydrogens is 424 g/mol. The van der Waals surface area contributed by atoms with Crippen molar-refractivity contribution in [2.24, 2.45) is 21.0 Å². The minimum atomic E-state index is -3.11. The second-order valence-corrected chi connectivity index (χ2v) is 10.7. The Morgan fingerprint density at radius 2 is 2.13 bits per heavy atom. The van der Waals surface area contributed by atoms with Crippen molar-refractivity contribution in [3.05, 3.63) is 24.2 Å². The normalized spacial score (nSPS) is 27.0. The SMILES string of the molecule is CS(=O)(=O)N1CCC(c2cc(NC3=NC=CN4C3=NCC4C3C=NNC3)sn2)CC1. The molecule has 1 aromatic rings. The Balaban J connectivity index is 1.23. The highest BCUT2D eigenvalue weighted by molar-refractivity contribution is 7.88. The van der Waals surface area contributed by atoms with Crippen molar-refractivity contribution >= 4 is 44.4 Å². The Kier molecular flexibility index (Phi) is 5.07. The maximum atomic E-state index is 11.7. The van der Waals surface area contributed by atoms with Crippen LogP contribution < -0.4 is 10.7 Å². The van der Waals surface area contributed by atoms with Gasteiger partial charge in [0, 0.05) is 50.1 Å². The molecule has 0 amide bonds. The summed E-state index contributed by atoms with van der Waals surface area (Å²) in [5, 5.41) is 8.43. The number of sulfonamides is 1. The van der Waals surface area contributed by atoms with Gasteiger partial charge in [-0.15, -0.1) is 0 Å². The van der Waals surface area contributed by atoms with Gasteiger partial charge in [-0.25, -0.2) is 17.7 Å². The van der Waals surface area contributed by atoms with Crippen molar-refractivity contribution < 1.29 is 8.42 Å². The molecule has 12 heteroatoms. The summed E-state index contributed by atoms with van der Waals surface area (Å²) in [5.74, 6) is 2.18. The smallest absolute Gasteiger partial charge is 0.211 e. The first-order chi connectivity index (χ1) is 14.5. The Morgan fingerprint density at radius 3 is 2.87 bits per heavy atom. The van der Waals surface area contributed by atoms with Gasteiger partial charge in [0.25, 0.3) is 0 Å². The highest BCUT2D eigenvalue weighted by atomic mass is 32.2. The maximum Gasteiger partial charge on any atom is 0.211 e. The zero-order valence-electron chi connectivity index (χ0n) is 16.6. The number of hydrogen-bond acceptors (Lipinski definition) is 10. The van der Waals surface area contributed by atoms with Crippen LogP contribution in [0, 0.1) is 5.92 Å². The molecule has 0 aliphatic carbocycles. The van der Waals surface area contributed by atoms with E-state index in [2.05, 4.69) is 36.2 Å². The minimum Gasteiger partial charge on any atom is -0.328 e. The number of rotatable bonds is 4. The first-order valence-corrected chi connectivity index (χ1v) is 12.6. The fraction of sp³-hybridized carbons (Fsp3) is 0.556. The van der Waals surface area contributed by atoms with E-state index in [1.54, 1.807) is 10.5 Å². The van der Waals surface area contributed by atoms with Crippen molar-refractivity contribution in [1.29, 1.82) is 0 Å². The summed E-state index contributed by atoms with van der Waals surface area (Å²) in [6.45, 7) is 2.64. The summed E-state index contributed by atoms with van der Waals surface area (Å²) >= 11 is 1.40. The van der Waals surface area contributed by atoms with Crippen molar-refractivity contribution in [2.45, 2.75) is 24.8 Å². The Bertz CT molecular complexity index is 1040. The number of hydrogen-bond donors (Lipinski definition) is 2. The van der Waals surface area contributed by atoms with Gasteiger partial charge in [-0.1, -0.05) is 0 Å². The highest BCUT2D eigenvalue weighted by Crippen LogP contribution is 2.32. The van der Waals surface area contributed by atoms with Crippen LogP contribution in [-0.4, -0.2) is 78.4 Å². The molecule has 1 saturated heterocycles. The monoisotopic (exact) mass is 448 g/mol. The lowest BCUT2D eigenvalue weighted by atomic mass is 9.95. The molecule has 0 bridgehead atoms. The van der Waals surface area contributed by atoms with Crippen molar-refractivity contribution in [3.63, 3.8) is 0 Å². The lowest BCUT2D eigenvalue weighted by molar-refractivity contribution is 0.319.